The summed E-state index contributed by atoms with van der Waals surface area (Å²) in [5, 5.41) is 0.498. The van der Waals surface area contributed by atoms with Crippen molar-refractivity contribution < 1.29 is 4.79 Å². The van der Waals surface area contributed by atoms with Crippen LogP contribution in [0.3, 0.4) is 0 Å². The maximum Gasteiger partial charge on any atom is 0.259 e. The molecule has 0 saturated heterocycles. The summed E-state index contributed by atoms with van der Waals surface area (Å²) < 4.78 is 0. The summed E-state index contributed by atoms with van der Waals surface area (Å²) >= 11 is 6.18. The summed E-state index contributed by atoms with van der Waals surface area (Å²) in [6, 6.07) is 15.2. The Balaban J connectivity index is 2.04. The molecule has 0 aromatic heterocycles. The van der Waals surface area contributed by atoms with Crippen molar-refractivity contribution in [1.82, 2.24) is 0 Å². The van der Waals surface area contributed by atoms with E-state index in [9.17, 15) is 4.79 Å². The van der Waals surface area contributed by atoms with Crippen molar-refractivity contribution in [3.63, 3.8) is 0 Å². The van der Waals surface area contributed by atoms with Crippen LogP contribution in [0.4, 0.5) is 11.4 Å². The minimum absolute atomic E-state index is 0.0386. The van der Waals surface area contributed by atoms with Crippen LogP contribution in [0.5, 0.6) is 0 Å². The van der Waals surface area contributed by atoms with E-state index in [1.807, 2.05) is 41.3 Å². The molecule has 0 unspecified atom stereocenters. The first-order valence-electron chi connectivity index (χ1n) is 7.05. The third-order valence-electron chi connectivity index (χ3n) is 3.81. The Morgan fingerprint density at radius 1 is 1.00 bits per heavy atom. The predicted octanol–water partition coefficient (Wildman–Crippen LogP) is 3.83. The first-order chi connectivity index (χ1) is 10.2. The van der Waals surface area contributed by atoms with Gasteiger partial charge in [0.1, 0.15) is 0 Å². The maximum absolute atomic E-state index is 12.9. The van der Waals surface area contributed by atoms with Gasteiger partial charge in [0.2, 0.25) is 0 Å². The predicted molar refractivity (Wildman–Crippen MR) is 87.5 cm³/mol. The van der Waals surface area contributed by atoms with E-state index in [0.717, 1.165) is 24.3 Å². The number of nitrogens with zero attached hydrogens (tertiary/aromatic N) is 2. The van der Waals surface area contributed by atoms with Crippen molar-refractivity contribution >= 4 is 28.9 Å². The van der Waals surface area contributed by atoms with Gasteiger partial charge in [-0.15, -0.1) is 0 Å². The number of rotatable bonds is 1. The average molecular weight is 301 g/mol. The van der Waals surface area contributed by atoms with Crippen molar-refractivity contribution in [3.05, 3.63) is 59.1 Å². The molecule has 1 aliphatic rings. The highest BCUT2D eigenvalue weighted by molar-refractivity contribution is 6.34. The van der Waals surface area contributed by atoms with Gasteiger partial charge in [-0.05, 0) is 30.7 Å². The molecule has 2 aromatic carbocycles. The molecule has 2 aromatic rings. The Morgan fingerprint density at radius 3 is 2.43 bits per heavy atom. The number of carbonyl (C=O) groups excluding carboxylic acids is 1. The van der Waals surface area contributed by atoms with Gasteiger partial charge in [0, 0.05) is 20.1 Å². The van der Waals surface area contributed by atoms with Crippen molar-refractivity contribution in [2.24, 2.45) is 0 Å². The number of fused-ring (bicyclic) bond motifs is 1. The number of amides is 1. The summed E-state index contributed by atoms with van der Waals surface area (Å²) in [5.74, 6) is -0.0386. The molecule has 0 bridgehead atoms. The molecule has 4 heteroatoms. The van der Waals surface area contributed by atoms with Gasteiger partial charge in [-0.3, -0.25) is 4.79 Å². The Hall–Kier alpha value is -2.00. The molecule has 0 spiro atoms. The van der Waals surface area contributed by atoms with E-state index in [0.29, 0.717) is 17.1 Å². The first kappa shape index (κ1) is 14.0. The van der Waals surface area contributed by atoms with E-state index >= 15 is 0 Å². The molecule has 21 heavy (non-hydrogen) atoms. The largest absolute Gasteiger partial charge is 0.373 e. The van der Waals surface area contributed by atoms with Gasteiger partial charge < -0.3 is 9.80 Å². The van der Waals surface area contributed by atoms with E-state index in [1.54, 1.807) is 12.1 Å². The van der Waals surface area contributed by atoms with Crippen molar-refractivity contribution in [1.29, 1.82) is 0 Å². The van der Waals surface area contributed by atoms with E-state index < -0.39 is 0 Å². The number of para-hydroxylation sites is 2. The lowest BCUT2D eigenvalue weighted by Gasteiger charge is -2.24. The number of hydrogen-bond acceptors (Lipinski definition) is 2. The van der Waals surface area contributed by atoms with Crippen LogP contribution in [0, 0.1) is 0 Å². The smallest absolute Gasteiger partial charge is 0.259 e. The van der Waals surface area contributed by atoms with E-state index in [4.69, 9.17) is 11.6 Å². The normalized spacial score (nSPS) is 14.6. The summed E-state index contributed by atoms with van der Waals surface area (Å²) in [7, 11) is 2.06. The fraction of sp³-hybridized carbons (Fsp3) is 0.235. The molecule has 0 fully saturated rings. The van der Waals surface area contributed by atoms with Crippen LogP contribution in [-0.2, 0) is 0 Å². The number of anilines is 2. The van der Waals surface area contributed by atoms with E-state index in [-0.39, 0.29) is 5.91 Å². The molecular formula is C17H17ClN2O. The van der Waals surface area contributed by atoms with Gasteiger partial charge in [-0.1, -0.05) is 35.9 Å². The zero-order valence-electron chi connectivity index (χ0n) is 11.9. The average Bonchev–Trinajstić information content (AvgIpc) is 2.67. The molecule has 0 aliphatic carbocycles. The topological polar surface area (TPSA) is 23.6 Å². The van der Waals surface area contributed by atoms with Gasteiger partial charge in [-0.25, -0.2) is 0 Å². The first-order valence-corrected chi connectivity index (χ1v) is 7.43. The Bertz CT molecular complexity index is 671. The second-order valence-corrected chi connectivity index (χ2v) is 5.61. The molecule has 0 atom stereocenters. The van der Waals surface area contributed by atoms with Crippen LogP contribution < -0.4 is 9.80 Å². The number of hydrogen-bond donors (Lipinski definition) is 0. The molecule has 3 rings (SSSR count). The SMILES string of the molecule is CN1CCCN(C(=O)c2ccccc2Cl)c2ccccc21. The van der Waals surface area contributed by atoms with Gasteiger partial charge in [0.05, 0.1) is 22.0 Å². The zero-order valence-corrected chi connectivity index (χ0v) is 12.7. The van der Waals surface area contributed by atoms with Crippen LogP contribution in [0.25, 0.3) is 0 Å². The maximum atomic E-state index is 12.9. The van der Waals surface area contributed by atoms with Crippen LogP contribution >= 0.6 is 11.6 Å². The second kappa shape index (κ2) is 5.78. The number of carbonyl (C=O) groups is 1. The third-order valence-corrected chi connectivity index (χ3v) is 4.14. The summed E-state index contributed by atoms with van der Waals surface area (Å²) in [5.41, 5.74) is 2.58. The number of halogens is 1. The lowest BCUT2D eigenvalue weighted by molar-refractivity contribution is 0.0987. The standard InChI is InChI=1S/C17H17ClN2O/c1-19-11-6-12-20(16-10-5-4-9-15(16)19)17(21)13-7-2-3-8-14(13)18/h2-5,7-10H,6,11-12H2,1H3. The summed E-state index contributed by atoms with van der Waals surface area (Å²) in [4.78, 5) is 16.9. The zero-order chi connectivity index (χ0) is 14.8. The molecule has 0 radical (unpaired) electrons. The number of benzene rings is 2. The van der Waals surface area contributed by atoms with Crippen LogP contribution in [0.15, 0.2) is 48.5 Å². The van der Waals surface area contributed by atoms with Gasteiger partial charge >= 0.3 is 0 Å². The molecular weight excluding hydrogens is 284 g/mol. The lowest BCUT2D eigenvalue weighted by Crippen LogP contribution is -2.31. The third kappa shape index (κ3) is 2.61. The molecule has 1 heterocycles. The van der Waals surface area contributed by atoms with Crippen LogP contribution in [0.2, 0.25) is 5.02 Å². The fourth-order valence-corrected chi connectivity index (χ4v) is 2.93. The van der Waals surface area contributed by atoms with E-state index in [1.165, 1.54) is 0 Å². The second-order valence-electron chi connectivity index (χ2n) is 5.20. The molecule has 1 amide bonds. The van der Waals surface area contributed by atoms with Gasteiger partial charge in [-0.2, -0.15) is 0 Å². The Morgan fingerprint density at radius 2 is 1.67 bits per heavy atom. The summed E-state index contributed by atoms with van der Waals surface area (Å²) in [6.07, 6.45) is 0.932. The highest BCUT2D eigenvalue weighted by Gasteiger charge is 2.25. The molecule has 1 aliphatic heterocycles. The molecule has 0 saturated carbocycles. The Kier molecular flexibility index (Phi) is 3.84. The van der Waals surface area contributed by atoms with Crippen LogP contribution in [0.1, 0.15) is 16.8 Å². The van der Waals surface area contributed by atoms with Gasteiger partial charge in [0.15, 0.2) is 0 Å². The van der Waals surface area contributed by atoms with Crippen molar-refractivity contribution in [2.75, 3.05) is 29.9 Å². The lowest BCUT2D eigenvalue weighted by atomic mass is 10.1. The monoisotopic (exact) mass is 300 g/mol. The highest BCUT2D eigenvalue weighted by Crippen LogP contribution is 2.32. The molecule has 0 N–H and O–H groups in total. The van der Waals surface area contributed by atoms with Crippen molar-refractivity contribution in [2.45, 2.75) is 6.42 Å². The Labute approximate surface area is 129 Å². The minimum Gasteiger partial charge on any atom is -0.373 e. The van der Waals surface area contributed by atoms with Crippen molar-refractivity contribution in [3.8, 4) is 0 Å². The molecule has 108 valence electrons. The minimum atomic E-state index is -0.0386. The molecule has 3 nitrogen and oxygen atoms in total. The quantitative estimate of drug-likeness (QED) is 0.799. The fourth-order valence-electron chi connectivity index (χ4n) is 2.71. The highest BCUT2D eigenvalue weighted by atomic mass is 35.5. The van der Waals surface area contributed by atoms with Crippen LogP contribution in [-0.4, -0.2) is 26.0 Å². The summed E-state index contributed by atoms with van der Waals surface area (Å²) in [6.45, 7) is 1.63. The van der Waals surface area contributed by atoms with Gasteiger partial charge in [0.25, 0.3) is 5.91 Å². The van der Waals surface area contributed by atoms with E-state index in [2.05, 4.69) is 11.9 Å².